The summed E-state index contributed by atoms with van der Waals surface area (Å²) in [6.45, 7) is 9.06. The van der Waals surface area contributed by atoms with Crippen molar-refractivity contribution < 1.29 is 71.3 Å². The number of hydrogen-bond donors (Lipinski definition) is 8. The molecule has 8 N–H and O–H groups in total. The molecule has 19 nitrogen and oxygen atoms in total. The Labute approximate surface area is 376 Å². The Bertz CT molecular complexity index is 1930. The van der Waals surface area contributed by atoms with Crippen molar-refractivity contribution in [1.82, 2.24) is 36.8 Å². The van der Waals surface area contributed by atoms with Gasteiger partial charge in [0.05, 0.1) is 24.6 Å². The number of rotatable bonds is 24. The highest BCUT2D eigenvalue weighted by Crippen LogP contribution is 2.23. The van der Waals surface area contributed by atoms with E-state index in [4.69, 9.17) is 12.2 Å². The average Bonchev–Trinajstić information content (AvgIpc) is 3.48. The van der Waals surface area contributed by atoms with Crippen molar-refractivity contribution in [3.8, 4) is 0 Å². The largest absolute Gasteiger partial charge is 0.481 e. The fraction of sp³-hybridized carbons (Fsp3) is 0.575. The third-order valence-corrected chi connectivity index (χ3v) is 10.9. The lowest BCUT2D eigenvalue weighted by Crippen LogP contribution is -2.62. The average molecular weight is 946 g/mol. The second-order valence-electron chi connectivity index (χ2n) is 16.5. The summed E-state index contributed by atoms with van der Waals surface area (Å²) in [5.74, 6) is -10.1. The predicted octanol–water partition coefficient (Wildman–Crippen LogP) is 0.890. The number of carboxylic acid groups (broad SMARTS) is 2. The zero-order chi connectivity index (χ0) is 48.7. The van der Waals surface area contributed by atoms with Crippen LogP contribution in [0.2, 0.25) is 0 Å². The number of halogens is 3. The first-order chi connectivity index (χ1) is 29.6. The topological polar surface area (TPSA) is 287 Å². The number of benzene rings is 1. The Morgan fingerprint density at radius 2 is 1.38 bits per heavy atom. The second-order valence-corrected chi connectivity index (χ2v) is 18.1. The van der Waals surface area contributed by atoms with Gasteiger partial charge in [0.2, 0.25) is 41.4 Å². The Hall–Kier alpha value is -5.65. The van der Waals surface area contributed by atoms with Crippen LogP contribution in [-0.2, 0) is 54.4 Å². The summed E-state index contributed by atoms with van der Waals surface area (Å²) in [6, 6.07) is -3.34. The first-order valence-corrected chi connectivity index (χ1v) is 21.3. The molecule has 1 aromatic rings. The molecule has 1 unspecified atom stereocenters. The molecule has 1 heterocycles. The fourth-order valence-corrected chi connectivity index (χ4v) is 7.26. The van der Waals surface area contributed by atoms with Crippen LogP contribution in [-0.4, -0.2) is 134 Å². The molecule has 0 spiro atoms. The fourth-order valence-electron chi connectivity index (χ4n) is 6.19. The highest BCUT2D eigenvalue weighted by molar-refractivity contribution is 8.23. The maximum Gasteiger partial charge on any atom is 0.391 e. The third kappa shape index (κ3) is 18.6. The van der Waals surface area contributed by atoms with Crippen molar-refractivity contribution in [3.63, 3.8) is 0 Å². The van der Waals surface area contributed by atoms with Gasteiger partial charge in [0.1, 0.15) is 47.4 Å². The third-order valence-electron chi connectivity index (χ3n) is 9.47. The van der Waals surface area contributed by atoms with E-state index >= 15 is 0 Å². The summed E-state index contributed by atoms with van der Waals surface area (Å²) in [6.07, 6.45) is -9.16. The Kier molecular flexibility index (Phi) is 20.8. The molecule has 24 heteroatoms. The minimum absolute atomic E-state index is 0.0311. The number of aryl methyl sites for hydroxylation is 1. The maximum atomic E-state index is 14.3. The Balaban J connectivity index is 2.46. The molecule has 1 fully saturated rings. The lowest BCUT2D eigenvalue weighted by Gasteiger charge is -2.34. The van der Waals surface area contributed by atoms with Gasteiger partial charge in [-0.3, -0.25) is 48.1 Å². The van der Waals surface area contributed by atoms with Crippen LogP contribution >= 0.6 is 24.0 Å². The van der Waals surface area contributed by atoms with Gasteiger partial charge in [-0.05, 0) is 42.2 Å². The van der Waals surface area contributed by atoms with E-state index in [0.717, 1.165) is 16.7 Å². The van der Waals surface area contributed by atoms with Gasteiger partial charge in [0.25, 0.3) is 0 Å². The Morgan fingerprint density at radius 1 is 0.812 bits per heavy atom. The van der Waals surface area contributed by atoms with Crippen molar-refractivity contribution in [1.29, 1.82) is 0 Å². The highest BCUT2D eigenvalue weighted by atomic mass is 32.2. The second kappa shape index (κ2) is 24.4. The minimum Gasteiger partial charge on any atom is -0.481 e. The monoisotopic (exact) mass is 945 g/mol. The van der Waals surface area contributed by atoms with Crippen LogP contribution < -0.4 is 31.9 Å². The number of carboxylic acids is 2. The van der Waals surface area contributed by atoms with E-state index in [-0.39, 0.29) is 35.1 Å². The van der Waals surface area contributed by atoms with Crippen LogP contribution in [0.15, 0.2) is 24.3 Å². The number of nitrogens with one attached hydrogen (secondary N) is 6. The molecule has 354 valence electrons. The first kappa shape index (κ1) is 54.5. The summed E-state index contributed by atoms with van der Waals surface area (Å²) >= 11 is 6.04. The molecule has 0 saturated carbocycles. The van der Waals surface area contributed by atoms with Crippen LogP contribution in [0.3, 0.4) is 0 Å². The molecular weight excluding hydrogens is 892 g/mol. The summed E-state index contributed by atoms with van der Waals surface area (Å²) in [5, 5.41) is 32.9. The number of aldehydes is 1. The number of carbonyl (C=O) groups excluding carboxylic acids is 8. The van der Waals surface area contributed by atoms with Crippen molar-refractivity contribution in [2.45, 2.75) is 122 Å². The molecule has 0 radical (unpaired) electrons. The van der Waals surface area contributed by atoms with Crippen LogP contribution in [0.4, 0.5) is 13.2 Å². The van der Waals surface area contributed by atoms with Gasteiger partial charge < -0.3 is 46.9 Å². The van der Waals surface area contributed by atoms with E-state index in [9.17, 15) is 71.3 Å². The zero-order valence-corrected chi connectivity index (χ0v) is 37.6. The quantitative estimate of drug-likeness (QED) is 0.0528. The molecule has 2 rings (SSSR count). The van der Waals surface area contributed by atoms with Gasteiger partial charge in [-0.1, -0.05) is 82.9 Å². The highest BCUT2D eigenvalue weighted by Gasteiger charge is 2.39. The summed E-state index contributed by atoms with van der Waals surface area (Å²) in [7, 11) is 0. The van der Waals surface area contributed by atoms with Gasteiger partial charge in [-0.2, -0.15) is 13.2 Å². The van der Waals surface area contributed by atoms with Crippen LogP contribution in [0.25, 0.3) is 0 Å². The number of carbonyl (C=O) groups is 10. The number of nitrogens with zero attached hydrogens (tertiary/aromatic N) is 1. The van der Waals surface area contributed by atoms with Crippen molar-refractivity contribution in [2.75, 3.05) is 12.3 Å². The summed E-state index contributed by atoms with van der Waals surface area (Å²) in [5.41, 5.74) is 0.0613. The van der Waals surface area contributed by atoms with E-state index in [1.54, 1.807) is 65.8 Å². The van der Waals surface area contributed by atoms with Crippen LogP contribution in [0, 0.1) is 18.3 Å². The van der Waals surface area contributed by atoms with E-state index in [0.29, 0.717) is 11.1 Å². The summed E-state index contributed by atoms with van der Waals surface area (Å²) in [4.78, 5) is 130. The van der Waals surface area contributed by atoms with Crippen molar-refractivity contribution >= 4 is 87.9 Å². The molecule has 6 atom stereocenters. The lowest BCUT2D eigenvalue weighted by molar-refractivity contribution is -0.147. The molecule has 64 heavy (non-hydrogen) atoms. The minimum atomic E-state index is -4.80. The van der Waals surface area contributed by atoms with E-state index in [1.807, 2.05) is 5.32 Å². The van der Waals surface area contributed by atoms with Gasteiger partial charge in [0, 0.05) is 12.8 Å². The molecule has 1 saturated heterocycles. The van der Waals surface area contributed by atoms with Gasteiger partial charge in [-0.25, -0.2) is 0 Å². The standard InChI is InChI=1S/C40H54F3N7O12S2/c1-20(2)13-25(34(59)44-23(18-51)16-40(41,42)43)48-37(62)32(39(4,5)6)49-36(61)26(14-22-10-8-7-9-21(22)3)47-33(58)24(11-12-30(54)55)46-35(60)27(15-31(56)57)45-28(52)17-50-29(53)19-64-38(50)63/h7-10,18,20,23-27,32H,11-17,19H2,1-6H3,(H,44,59)(H,45,52)(H,46,60)(H,47,58)(H,48,62)(H,49,61)(H,54,55)(H,56,57)/t23?,24-,25-,26-,27-,32+/m0/s1. The maximum absolute atomic E-state index is 14.3. The van der Waals surface area contributed by atoms with E-state index in [2.05, 4.69) is 26.6 Å². The predicted molar refractivity (Wildman–Crippen MR) is 228 cm³/mol. The molecule has 1 aromatic carbocycles. The lowest BCUT2D eigenvalue weighted by atomic mass is 9.85. The molecule has 0 aromatic heterocycles. The molecule has 0 bridgehead atoms. The van der Waals surface area contributed by atoms with E-state index in [1.165, 1.54) is 0 Å². The number of thioether (sulfide) groups is 1. The Morgan fingerprint density at radius 3 is 1.89 bits per heavy atom. The molecule has 7 amide bonds. The van der Waals surface area contributed by atoms with Gasteiger partial charge in [-0.15, -0.1) is 0 Å². The summed E-state index contributed by atoms with van der Waals surface area (Å²) < 4.78 is 39.2. The molecule has 1 aliphatic heterocycles. The number of hydrogen-bond acceptors (Lipinski definition) is 12. The normalized spacial score (nSPS) is 15.8. The molecule has 1 aliphatic rings. The van der Waals surface area contributed by atoms with E-state index < -0.39 is 133 Å². The van der Waals surface area contributed by atoms with Crippen molar-refractivity contribution in [2.24, 2.45) is 11.3 Å². The number of thiocarbonyl (C=S) groups is 1. The molecular formula is C40H54F3N7O12S2. The number of alkyl halides is 3. The van der Waals surface area contributed by atoms with Gasteiger partial charge >= 0.3 is 18.1 Å². The molecule has 0 aliphatic carbocycles. The SMILES string of the molecule is Cc1ccccc1C[C@H](NC(=O)[C@H](CCC(=O)O)NC(=O)[C@H](CC(=O)O)NC(=O)CN1C(=O)CSC1=S)C(=O)N[C@H](C(=O)N[C@@H](CC(C)C)C(=O)NC(C=O)CC(F)(F)F)C(C)(C)C. The zero-order valence-electron chi connectivity index (χ0n) is 36.0. The first-order valence-electron chi connectivity index (χ1n) is 19.9. The van der Waals surface area contributed by atoms with Crippen LogP contribution in [0.5, 0.6) is 0 Å². The van der Waals surface area contributed by atoms with Gasteiger partial charge in [0.15, 0.2) is 0 Å². The number of aliphatic carboxylic acids is 2. The van der Waals surface area contributed by atoms with Crippen LogP contribution in [0.1, 0.15) is 77.8 Å². The smallest absolute Gasteiger partial charge is 0.391 e. The number of amides is 7. The van der Waals surface area contributed by atoms with Crippen molar-refractivity contribution in [3.05, 3.63) is 35.4 Å².